The first-order chi connectivity index (χ1) is 13.8. The molecule has 29 heavy (non-hydrogen) atoms. The number of hydrogen-bond acceptors (Lipinski definition) is 5. The van der Waals surface area contributed by atoms with Crippen LogP contribution in [0.1, 0.15) is 18.6 Å². The number of rotatable bonds is 4. The molecule has 7 nitrogen and oxygen atoms in total. The summed E-state index contributed by atoms with van der Waals surface area (Å²) in [6.45, 7) is 1.67. The van der Waals surface area contributed by atoms with Crippen molar-refractivity contribution in [1.82, 2.24) is 9.97 Å². The predicted molar refractivity (Wildman–Crippen MR) is 106 cm³/mol. The maximum atomic E-state index is 13.8. The molecule has 0 radical (unpaired) electrons. The van der Waals surface area contributed by atoms with Gasteiger partial charge in [0.2, 0.25) is 5.58 Å². The zero-order valence-electron chi connectivity index (χ0n) is 14.9. The third kappa shape index (κ3) is 3.64. The number of fused-ring (bicyclic) bond motifs is 1. The quantitative estimate of drug-likeness (QED) is 0.467. The molecule has 0 aliphatic carbocycles. The highest BCUT2D eigenvalue weighted by atomic mass is 35.5. The highest BCUT2D eigenvalue weighted by Crippen LogP contribution is 2.36. The van der Waals surface area contributed by atoms with Crippen LogP contribution in [0.5, 0.6) is 5.75 Å². The summed E-state index contributed by atoms with van der Waals surface area (Å²) < 4.78 is 24.8. The molecule has 1 aromatic carbocycles. The number of H-pyrrole nitrogens is 2. The molecule has 4 aromatic rings. The molecule has 0 bridgehead atoms. The van der Waals surface area contributed by atoms with Crippen molar-refractivity contribution < 1.29 is 18.5 Å². The highest BCUT2D eigenvalue weighted by molar-refractivity contribution is 6.36. The van der Waals surface area contributed by atoms with Gasteiger partial charge in [-0.1, -0.05) is 23.2 Å². The van der Waals surface area contributed by atoms with Gasteiger partial charge >= 0.3 is 11.4 Å². The molecule has 0 fully saturated rings. The fourth-order valence-electron chi connectivity index (χ4n) is 2.92. The Balaban J connectivity index is 1.70. The minimum absolute atomic E-state index is 0.116. The van der Waals surface area contributed by atoms with E-state index in [-0.39, 0.29) is 21.6 Å². The lowest BCUT2D eigenvalue weighted by Crippen LogP contribution is -2.08. The van der Waals surface area contributed by atoms with E-state index in [1.807, 2.05) is 0 Å². The number of ether oxygens (including phenoxy) is 1. The van der Waals surface area contributed by atoms with Crippen LogP contribution < -0.4 is 21.2 Å². The van der Waals surface area contributed by atoms with E-state index in [0.717, 1.165) is 0 Å². The Labute approximate surface area is 173 Å². The summed E-state index contributed by atoms with van der Waals surface area (Å²) in [5.74, 6) is -0.756. The molecule has 0 saturated heterocycles. The number of benzene rings is 1. The lowest BCUT2D eigenvalue weighted by Gasteiger charge is -2.19. The first kappa shape index (κ1) is 19.2. The lowest BCUT2D eigenvalue weighted by atomic mass is 10.1. The average molecular weight is 436 g/mol. The molecule has 10 heteroatoms. The molecule has 1 unspecified atom stereocenters. The minimum Gasteiger partial charge on any atom is -0.482 e. The van der Waals surface area contributed by atoms with Crippen LogP contribution in [0.4, 0.5) is 10.2 Å². The zero-order chi connectivity index (χ0) is 20.7. The van der Waals surface area contributed by atoms with Crippen molar-refractivity contribution in [2.45, 2.75) is 13.0 Å². The second-order valence-corrected chi connectivity index (χ2v) is 7.05. The average Bonchev–Trinajstić information content (AvgIpc) is 3.06. The second-order valence-electron chi connectivity index (χ2n) is 6.27. The minimum atomic E-state index is -0.693. The summed E-state index contributed by atoms with van der Waals surface area (Å²) in [4.78, 5) is 20.9. The number of pyridine rings is 2. The number of aromatic amines is 2. The smallest absolute Gasteiger partial charge is 0.482 e. The van der Waals surface area contributed by atoms with Gasteiger partial charge < -0.3 is 14.9 Å². The van der Waals surface area contributed by atoms with Crippen LogP contribution in [0.2, 0.25) is 10.0 Å². The summed E-state index contributed by atoms with van der Waals surface area (Å²) in [6.07, 6.45) is 2.53. The fraction of sp³-hybridized carbons (Fsp3) is 0.105. The van der Waals surface area contributed by atoms with Crippen LogP contribution in [-0.2, 0) is 0 Å². The van der Waals surface area contributed by atoms with Crippen LogP contribution in [0.3, 0.4) is 0 Å². The normalized spacial score (nSPS) is 12.3. The van der Waals surface area contributed by atoms with Gasteiger partial charge in [0.25, 0.3) is 0 Å². The molecule has 3 aromatic heterocycles. The molecule has 0 aliphatic rings. The van der Waals surface area contributed by atoms with Crippen LogP contribution in [0.15, 0.2) is 45.9 Å². The van der Waals surface area contributed by atoms with Gasteiger partial charge in [-0.05, 0) is 25.1 Å². The van der Waals surface area contributed by atoms with Crippen molar-refractivity contribution in [3.05, 3.63) is 68.6 Å². The molecule has 0 aliphatic heterocycles. The number of halogens is 3. The molecule has 0 amide bonds. The van der Waals surface area contributed by atoms with Gasteiger partial charge in [-0.2, -0.15) is 9.78 Å². The maximum Gasteiger partial charge on any atom is 0.510 e. The summed E-state index contributed by atoms with van der Waals surface area (Å²) in [7, 11) is 0. The maximum absolute atomic E-state index is 13.8. The molecule has 148 valence electrons. The largest absolute Gasteiger partial charge is 0.510 e. The van der Waals surface area contributed by atoms with Crippen LogP contribution in [-0.4, -0.2) is 9.97 Å². The van der Waals surface area contributed by atoms with Gasteiger partial charge in [-0.15, -0.1) is 0 Å². The SMILES string of the molecule is CC(Oc1cc(-c2c[nH+]c3[nH]c(=O)oc3c2)cnc1N)c1c(Cl)ccc(F)c1Cl. The Hall–Kier alpha value is -3.10. The molecule has 3 heterocycles. The van der Waals surface area contributed by atoms with Crippen molar-refractivity contribution in [2.24, 2.45) is 0 Å². The highest BCUT2D eigenvalue weighted by Gasteiger charge is 2.20. The molecule has 0 saturated carbocycles. The molecule has 4 N–H and O–H groups in total. The molecular weight excluding hydrogens is 422 g/mol. The number of nitrogens with one attached hydrogen (secondary N) is 2. The Morgan fingerprint density at radius 1 is 1.31 bits per heavy atom. The van der Waals surface area contributed by atoms with Gasteiger partial charge in [0.05, 0.1) is 11.2 Å². The zero-order valence-corrected chi connectivity index (χ0v) is 16.4. The van der Waals surface area contributed by atoms with Gasteiger partial charge in [0.15, 0.2) is 11.6 Å². The lowest BCUT2D eigenvalue weighted by molar-refractivity contribution is -0.346. The monoisotopic (exact) mass is 435 g/mol. The topological polar surface area (TPSA) is 108 Å². The second kappa shape index (κ2) is 7.38. The summed E-state index contributed by atoms with van der Waals surface area (Å²) in [5.41, 5.74) is 8.41. The van der Waals surface area contributed by atoms with Crippen molar-refractivity contribution in [3.63, 3.8) is 0 Å². The van der Waals surface area contributed by atoms with Crippen molar-refractivity contribution >= 4 is 40.2 Å². The van der Waals surface area contributed by atoms with E-state index in [9.17, 15) is 9.18 Å². The van der Waals surface area contributed by atoms with Crippen molar-refractivity contribution in [1.29, 1.82) is 0 Å². The predicted octanol–water partition coefficient (Wildman–Crippen LogP) is 4.17. The number of oxazole rings is 1. The van der Waals surface area contributed by atoms with Gasteiger partial charge in [0, 0.05) is 34.0 Å². The van der Waals surface area contributed by atoms with Crippen molar-refractivity contribution in [2.75, 3.05) is 5.73 Å². The van der Waals surface area contributed by atoms with E-state index in [2.05, 4.69) is 15.0 Å². The number of nitrogen functional groups attached to an aromatic ring is 1. The molecule has 1 atom stereocenters. The van der Waals surface area contributed by atoms with Crippen LogP contribution in [0, 0.1) is 5.82 Å². The number of aromatic nitrogens is 3. The van der Waals surface area contributed by atoms with E-state index in [1.165, 1.54) is 12.1 Å². The summed E-state index contributed by atoms with van der Waals surface area (Å²) >= 11 is 12.2. The first-order valence-electron chi connectivity index (χ1n) is 8.44. The summed E-state index contributed by atoms with van der Waals surface area (Å²) in [6, 6.07) is 5.93. The Morgan fingerprint density at radius 2 is 2.10 bits per heavy atom. The Bertz CT molecular complexity index is 1290. The van der Waals surface area contributed by atoms with E-state index in [4.69, 9.17) is 38.1 Å². The van der Waals surface area contributed by atoms with E-state index < -0.39 is 17.7 Å². The van der Waals surface area contributed by atoms with Gasteiger partial charge in [-0.25, -0.2) is 14.4 Å². The van der Waals surface area contributed by atoms with Crippen LogP contribution >= 0.6 is 23.2 Å². The van der Waals surface area contributed by atoms with Crippen molar-refractivity contribution in [3.8, 4) is 16.9 Å². The molecule has 0 spiro atoms. The number of anilines is 1. The third-order valence-electron chi connectivity index (χ3n) is 4.34. The molecule has 4 rings (SSSR count). The third-order valence-corrected chi connectivity index (χ3v) is 5.05. The standard InChI is InChI=1S/C19H13Cl2FN4O3/c1-8(15-11(20)2-3-12(22)16(15)21)28-13-4-9(6-24-17(13)23)10-5-14-18(25-7-10)26-19(27)29-14/h2-8H,1H3,(H2,23,24)(H,25,26,27)/p+1. The number of nitrogens with two attached hydrogens (primary N) is 1. The van der Waals surface area contributed by atoms with Gasteiger partial charge in [0.1, 0.15) is 11.9 Å². The number of hydrogen-bond donors (Lipinski definition) is 2. The molecular formula is C19H14Cl2FN4O3+. The fourth-order valence-corrected chi connectivity index (χ4v) is 3.60. The van der Waals surface area contributed by atoms with E-state index in [0.29, 0.717) is 27.9 Å². The Kier molecular flexibility index (Phi) is 4.89. The van der Waals surface area contributed by atoms with E-state index in [1.54, 1.807) is 31.5 Å². The van der Waals surface area contributed by atoms with Crippen LogP contribution in [0.25, 0.3) is 22.4 Å². The number of nitrogens with zero attached hydrogens (tertiary/aromatic N) is 1. The first-order valence-corrected chi connectivity index (χ1v) is 9.19. The van der Waals surface area contributed by atoms with Gasteiger partial charge in [-0.3, -0.25) is 0 Å². The summed E-state index contributed by atoms with van der Waals surface area (Å²) in [5, 5.41) is 0.157. The van der Waals surface area contributed by atoms with E-state index >= 15 is 0 Å². The Morgan fingerprint density at radius 3 is 2.90 bits per heavy atom.